The van der Waals surface area contributed by atoms with Crippen molar-refractivity contribution in [3.63, 3.8) is 0 Å². The van der Waals surface area contributed by atoms with Gasteiger partial charge in [-0.2, -0.15) is 0 Å². The Balaban J connectivity index is 1.69. The molecule has 0 aliphatic carbocycles. The number of halogens is 1. The number of aryl methyl sites for hydroxylation is 2. The SMILES string of the molecule is CCOC(=O)c1cc(CCCc2nncn2Cc2ccc(F)cc2)nc(CO[Si](C)(C)C(C)(C)C)c1. The maximum absolute atomic E-state index is 13.2. The molecule has 0 bridgehead atoms. The summed E-state index contributed by atoms with van der Waals surface area (Å²) in [5.74, 6) is 0.241. The van der Waals surface area contributed by atoms with Crippen molar-refractivity contribution < 1.29 is 18.3 Å². The number of aromatic nitrogens is 4. The average molecular weight is 513 g/mol. The second-order valence-corrected chi connectivity index (χ2v) is 15.3. The highest BCUT2D eigenvalue weighted by molar-refractivity contribution is 6.74. The van der Waals surface area contributed by atoms with Gasteiger partial charge in [0.2, 0.25) is 0 Å². The molecule has 0 amide bonds. The highest BCUT2D eigenvalue weighted by atomic mass is 28.4. The first kappa shape index (κ1) is 27.7. The fourth-order valence-electron chi connectivity index (χ4n) is 3.47. The number of rotatable bonds is 11. The van der Waals surface area contributed by atoms with E-state index in [9.17, 15) is 9.18 Å². The monoisotopic (exact) mass is 512 g/mol. The number of nitrogens with zero attached hydrogens (tertiary/aromatic N) is 4. The van der Waals surface area contributed by atoms with Crippen LogP contribution in [0.25, 0.3) is 0 Å². The number of hydrogen-bond acceptors (Lipinski definition) is 6. The van der Waals surface area contributed by atoms with Crippen molar-refractivity contribution in [2.75, 3.05) is 6.61 Å². The largest absolute Gasteiger partial charge is 0.462 e. The molecule has 0 aliphatic heterocycles. The van der Waals surface area contributed by atoms with Gasteiger partial charge in [0.05, 0.1) is 31.0 Å². The van der Waals surface area contributed by atoms with Gasteiger partial charge in [-0.1, -0.05) is 32.9 Å². The number of esters is 1. The summed E-state index contributed by atoms with van der Waals surface area (Å²) in [6.07, 6.45) is 3.84. The van der Waals surface area contributed by atoms with E-state index in [0.29, 0.717) is 38.2 Å². The molecule has 3 rings (SSSR count). The molecule has 194 valence electrons. The van der Waals surface area contributed by atoms with Gasteiger partial charge in [0, 0.05) is 12.1 Å². The van der Waals surface area contributed by atoms with Gasteiger partial charge in [0.15, 0.2) is 8.32 Å². The van der Waals surface area contributed by atoms with E-state index in [4.69, 9.17) is 14.1 Å². The molecule has 0 saturated heterocycles. The molecular weight excluding hydrogens is 475 g/mol. The quantitative estimate of drug-likeness (QED) is 0.241. The van der Waals surface area contributed by atoms with Crippen LogP contribution in [-0.4, -0.2) is 40.6 Å². The first-order valence-electron chi connectivity index (χ1n) is 12.4. The van der Waals surface area contributed by atoms with Crippen LogP contribution in [0.15, 0.2) is 42.7 Å². The molecule has 0 unspecified atom stereocenters. The van der Waals surface area contributed by atoms with E-state index in [1.165, 1.54) is 12.1 Å². The normalized spacial score (nSPS) is 12.1. The number of hydrogen-bond donors (Lipinski definition) is 0. The van der Waals surface area contributed by atoms with Crippen molar-refractivity contribution in [2.24, 2.45) is 0 Å². The van der Waals surface area contributed by atoms with Crippen molar-refractivity contribution in [3.8, 4) is 0 Å². The van der Waals surface area contributed by atoms with Crippen LogP contribution >= 0.6 is 0 Å². The number of ether oxygens (including phenoxy) is 1. The van der Waals surface area contributed by atoms with Crippen LogP contribution in [0.3, 0.4) is 0 Å². The van der Waals surface area contributed by atoms with E-state index in [2.05, 4.69) is 44.1 Å². The first-order valence-corrected chi connectivity index (χ1v) is 15.3. The van der Waals surface area contributed by atoms with Gasteiger partial charge in [-0.25, -0.2) is 9.18 Å². The van der Waals surface area contributed by atoms with Crippen LogP contribution in [0, 0.1) is 5.82 Å². The van der Waals surface area contributed by atoms with Crippen LogP contribution < -0.4 is 0 Å². The maximum atomic E-state index is 13.2. The highest BCUT2D eigenvalue weighted by Crippen LogP contribution is 2.37. The summed E-state index contributed by atoms with van der Waals surface area (Å²) in [6, 6.07) is 10.0. The molecule has 1 aromatic carbocycles. The molecule has 0 radical (unpaired) electrons. The third-order valence-corrected chi connectivity index (χ3v) is 11.1. The lowest BCUT2D eigenvalue weighted by atomic mass is 10.1. The molecule has 2 heterocycles. The zero-order valence-electron chi connectivity index (χ0n) is 22.2. The second kappa shape index (κ2) is 11.9. The molecule has 3 aromatic rings. The van der Waals surface area contributed by atoms with Crippen LogP contribution in [-0.2, 0) is 35.2 Å². The zero-order chi connectivity index (χ0) is 26.3. The molecule has 2 aromatic heterocycles. The van der Waals surface area contributed by atoms with E-state index in [-0.39, 0.29) is 16.8 Å². The lowest BCUT2D eigenvalue weighted by Gasteiger charge is -2.36. The summed E-state index contributed by atoms with van der Waals surface area (Å²) in [7, 11) is -1.96. The van der Waals surface area contributed by atoms with Gasteiger partial charge in [-0.05, 0) is 67.7 Å². The fourth-order valence-corrected chi connectivity index (χ4v) is 4.42. The number of pyridine rings is 1. The molecule has 0 saturated carbocycles. The van der Waals surface area contributed by atoms with Gasteiger partial charge in [0.25, 0.3) is 0 Å². The third-order valence-electron chi connectivity index (χ3n) is 6.62. The molecule has 0 N–H and O–H groups in total. The Morgan fingerprint density at radius 3 is 2.44 bits per heavy atom. The minimum absolute atomic E-state index is 0.0818. The maximum Gasteiger partial charge on any atom is 0.338 e. The lowest BCUT2D eigenvalue weighted by Crippen LogP contribution is -2.40. The van der Waals surface area contributed by atoms with Crippen molar-refractivity contribution in [1.29, 1.82) is 0 Å². The highest BCUT2D eigenvalue weighted by Gasteiger charge is 2.37. The lowest BCUT2D eigenvalue weighted by molar-refractivity contribution is 0.0525. The summed E-state index contributed by atoms with van der Waals surface area (Å²) in [4.78, 5) is 17.3. The molecule has 9 heteroatoms. The smallest absolute Gasteiger partial charge is 0.338 e. The Morgan fingerprint density at radius 2 is 1.78 bits per heavy atom. The minimum atomic E-state index is -1.96. The predicted molar refractivity (Wildman–Crippen MR) is 140 cm³/mol. The average Bonchev–Trinajstić information content (AvgIpc) is 3.25. The topological polar surface area (TPSA) is 79.1 Å². The van der Waals surface area contributed by atoms with Crippen molar-refractivity contribution in [1.82, 2.24) is 19.7 Å². The van der Waals surface area contributed by atoms with Crippen molar-refractivity contribution >= 4 is 14.3 Å². The molecular formula is C27H37FN4O3Si. The van der Waals surface area contributed by atoms with Crippen LogP contribution in [0.4, 0.5) is 4.39 Å². The first-order chi connectivity index (χ1) is 17.0. The standard InChI is InChI=1S/C27H37FN4O3Si/c1-7-34-26(33)21-15-23(30-24(16-21)18-35-36(5,6)27(2,3)4)9-8-10-25-31-29-19-32(25)17-20-11-13-22(28)14-12-20/h11-16,19H,7-10,17-18H2,1-6H3. The Labute approximate surface area is 214 Å². The van der Waals surface area contributed by atoms with Crippen molar-refractivity contribution in [2.45, 2.75) is 78.2 Å². The molecule has 0 spiro atoms. The molecule has 7 nitrogen and oxygen atoms in total. The molecule has 0 aliphatic rings. The second-order valence-electron chi connectivity index (χ2n) is 10.5. The Morgan fingerprint density at radius 1 is 1.08 bits per heavy atom. The third kappa shape index (κ3) is 7.54. The van der Waals surface area contributed by atoms with E-state index >= 15 is 0 Å². The summed E-state index contributed by atoms with van der Waals surface area (Å²) in [6.45, 7) is 14.0. The number of carbonyl (C=O) groups is 1. The van der Waals surface area contributed by atoms with Gasteiger partial charge < -0.3 is 13.7 Å². The Hall–Kier alpha value is -2.91. The summed E-state index contributed by atoms with van der Waals surface area (Å²) >= 11 is 0. The van der Waals surface area contributed by atoms with Gasteiger partial charge in [-0.15, -0.1) is 10.2 Å². The minimum Gasteiger partial charge on any atom is -0.462 e. The van der Waals surface area contributed by atoms with Crippen molar-refractivity contribution in [3.05, 3.63) is 76.9 Å². The van der Waals surface area contributed by atoms with Gasteiger partial charge in [-0.3, -0.25) is 4.98 Å². The zero-order valence-corrected chi connectivity index (χ0v) is 23.2. The summed E-state index contributed by atoms with van der Waals surface area (Å²) < 4.78 is 26.8. The molecule has 0 fully saturated rings. The fraction of sp³-hybridized carbons (Fsp3) is 0.481. The van der Waals surface area contributed by atoms with Crippen LogP contribution in [0.2, 0.25) is 18.1 Å². The predicted octanol–water partition coefficient (Wildman–Crippen LogP) is 5.73. The van der Waals surface area contributed by atoms with Crippen LogP contribution in [0.1, 0.15) is 67.2 Å². The van der Waals surface area contributed by atoms with E-state index in [1.54, 1.807) is 37.5 Å². The van der Waals surface area contributed by atoms with E-state index in [1.807, 2.05) is 4.57 Å². The molecule has 36 heavy (non-hydrogen) atoms. The summed E-state index contributed by atoms with van der Waals surface area (Å²) in [5.41, 5.74) is 3.03. The van der Waals surface area contributed by atoms with Gasteiger partial charge in [0.1, 0.15) is 18.0 Å². The Bertz CT molecular complexity index is 1160. The van der Waals surface area contributed by atoms with E-state index in [0.717, 1.165) is 29.2 Å². The summed E-state index contributed by atoms with van der Waals surface area (Å²) in [5, 5.41) is 8.39. The number of benzene rings is 1. The van der Waals surface area contributed by atoms with Gasteiger partial charge >= 0.3 is 5.97 Å². The number of carbonyl (C=O) groups excluding carboxylic acids is 1. The van der Waals surface area contributed by atoms with E-state index < -0.39 is 8.32 Å². The Kier molecular flexibility index (Phi) is 9.13. The molecule has 0 atom stereocenters. The van der Waals surface area contributed by atoms with Crippen LogP contribution in [0.5, 0.6) is 0 Å².